The van der Waals surface area contributed by atoms with Crippen molar-refractivity contribution >= 4 is 23.9 Å². The molecule has 4 rings (SSSR count). The number of aliphatic carboxylic acids is 1. The third kappa shape index (κ3) is 14.4. The van der Waals surface area contributed by atoms with Gasteiger partial charge in [0.15, 0.2) is 23.2 Å². The van der Waals surface area contributed by atoms with Crippen LogP contribution >= 0.6 is 0 Å². The van der Waals surface area contributed by atoms with Crippen LogP contribution < -0.4 is 0 Å². The van der Waals surface area contributed by atoms with Crippen molar-refractivity contribution < 1.29 is 47.3 Å². The molecule has 0 saturated heterocycles. The number of aromatic nitrogens is 2. The number of carboxylic acid groups (broad SMARTS) is 1. The van der Waals surface area contributed by atoms with Gasteiger partial charge < -0.3 is 28.2 Å². The average Bonchev–Trinajstić information content (AvgIpc) is 3.69. The number of nitrogens with zero attached hydrogens (tertiary/aromatic N) is 2. The van der Waals surface area contributed by atoms with E-state index in [1.165, 1.54) is 78.4 Å². The first-order valence-corrected chi connectivity index (χ1v) is 19.3. The lowest BCUT2D eigenvalue weighted by Crippen LogP contribution is -2.25. The van der Waals surface area contributed by atoms with Gasteiger partial charge in [-0.1, -0.05) is 89.9 Å². The largest absolute Gasteiger partial charge is 0.481 e. The molecular weight excluding hydrogens is 668 g/mol. The maximum atomic E-state index is 12.4. The van der Waals surface area contributed by atoms with E-state index in [0.717, 1.165) is 43.9 Å². The quantitative estimate of drug-likeness (QED) is 0.128. The zero-order valence-corrected chi connectivity index (χ0v) is 32.6. The van der Waals surface area contributed by atoms with Crippen LogP contribution in [0.25, 0.3) is 0 Å². The van der Waals surface area contributed by atoms with Crippen LogP contribution in [0.5, 0.6) is 0 Å². The molecule has 0 amide bonds. The van der Waals surface area contributed by atoms with Crippen molar-refractivity contribution in [1.29, 1.82) is 0 Å². The monoisotopic (exact) mass is 730 g/mol. The second kappa shape index (κ2) is 21.1. The molecule has 1 N–H and O–H groups in total. The van der Waals surface area contributed by atoms with Crippen LogP contribution in [0.15, 0.2) is 8.83 Å². The van der Waals surface area contributed by atoms with E-state index in [0.29, 0.717) is 29.7 Å². The predicted octanol–water partition coefficient (Wildman–Crippen LogP) is 9.41. The first-order valence-electron chi connectivity index (χ1n) is 19.3. The Bertz CT molecular complexity index is 1430. The number of rotatable bonds is 16. The van der Waals surface area contributed by atoms with Crippen molar-refractivity contribution in [1.82, 2.24) is 9.97 Å². The van der Waals surface area contributed by atoms with E-state index >= 15 is 0 Å². The number of carbonyl (C=O) groups excluding carboxylic acids is 3. The average molecular weight is 731 g/mol. The summed E-state index contributed by atoms with van der Waals surface area (Å²) in [7, 11) is 2.60. The minimum absolute atomic E-state index is 0.0365. The smallest absolute Gasteiger partial charge is 0.360 e. The van der Waals surface area contributed by atoms with Gasteiger partial charge in [0.1, 0.15) is 17.1 Å². The number of hydrogen-bond donors (Lipinski definition) is 1. The van der Waals surface area contributed by atoms with Gasteiger partial charge in [-0.15, -0.1) is 0 Å². The van der Waals surface area contributed by atoms with Gasteiger partial charge in [0, 0.05) is 11.8 Å². The van der Waals surface area contributed by atoms with E-state index < -0.39 is 23.5 Å². The molecule has 12 heteroatoms. The van der Waals surface area contributed by atoms with Crippen molar-refractivity contribution in [2.45, 2.75) is 168 Å². The standard InChI is InChI=1S/C22H35NO5.C18H27NO5/c1-15-19(21(25)26-5)23-20(27-15)17(14-18(24)28-22(2,3)4)13-9-12-16-10-7-6-8-11-16;1-12-16(18(22)23-2)19-17(24-12)14(11-15(20)21)10-6-9-13-7-4-3-5-8-13/h16-17H,6-14H2,1-5H3;13-14H,3-11H2,1-2H3,(H,20,21)/t17-;14-/m11/s1. The Labute approximate surface area is 309 Å². The fourth-order valence-electron chi connectivity index (χ4n) is 7.43. The minimum atomic E-state index is -0.881. The summed E-state index contributed by atoms with van der Waals surface area (Å²) in [5, 5.41) is 9.16. The maximum Gasteiger partial charge on any atom is 0.360 e. The molecule has 0 aromatic carbocycles. The molecule has 2 heterocycles. The van der Waals surface area contributed by atoms with Gasteiger partial charge in [-0.05, 0) is 59.3 Å². The summed E-state index contributed by atoms with van der Waals surface area (Å²) in [6.45, 7) is 8.90. The summed E-state index contributed by atoms with van der Waals surface area (Å²) in [6.07, 6.45) is 19.1. The molecule has 2 saturated carbocycles. The Morgan fingerprint density at radius 1 is 0.712 bits per heavy atom. The molecule has 292 valence electrons. The number of carboxylic acids is 1. The Hall–Kier alpha value is -3.70. The highest BCUT2D eigenvalue weighted by Gasteiger charge is 2.29. The highest BCUT2D eigenvalue weighted by molar-refractivity contribution is 5.88. The van der Waals surface area contributed by atoms with Crippen LogP contribution in [0, 0.1) is 25.7 Å². The number of ether oxygens (including phenoxy) is 3. The van der Waals surface area contributed by atoms with E-state index in [4.69, 9.17) is 23.4 Å². The molecule has 0 unspecified atom stereocenters. The number of aryl methyl sites for hydroxylation is 2. The third-order valence-electron chi connectivity index (χ3n) is 10.1. The molecule has 2 aromatic heterocycles. The molecule has 2 fully saturated rings. The van der Waals surface area contributed by atoms with E-state index in [9.17, 15) is 19.2 Å². The van der Waals surface area contributed by atoms with Crippen LogP contribution in [0.4, 0.5) is 0 Å². The molecule has 2 aromatic rings. The van der Waals surface area contributed by atoms with Gasteiger partial charge >= 0.3 is 23.9 Å². The number of oxazole rings is 2. The molecule has 52 heavy (non-hydrogen) atoms. The lowest BCUT2D eigenvalue weighted by atomic mass is 9.84. The van der Waals surface area contributed by atoms with E-state index in [1.54, 1.807) is 13.8 Å². The first kappa shape index (κ1) is 42.7. The van der Waals surface area contributed by atoms with E-state index in [-0.39, 0.29) is 42.0 Å². The fourth-order valence-corrected chi connectivity index (χ4v) is 7.43. The lowest BCUT2D eigenvalue weighted by molar-refractivity contribution is -0.155. The second-order valence-corrected chi connectivity index (χ2v) is 15.5. The Balaban J connectivity index is 0.000000284. The molecule has 0 bridgehead atoms. The molecule has 2 aliphatic carbocycles. The third-order valence-corrected chi connectivity index (χ3v) is 10.1. The lowest BCUT2D eigenvalue weighted by Gasteiger charge is -2.23. The van der Waals surface area contributed by atoms with E-state index in [2.05, 4.69) is 14.7 Å². The Morgan fingerprint density at radius 3 is 1.48 bits per heavy atom. The summed E-state index contributed by atoms with van der Waals surface area (Å²) in [5.74, 6) is 0.366. The number of methoxy groups -OCH3 is 2. The molecule has 0 aliphatic heterocycles. The van der Waals surface area contributed by atoms with Crippen molar-refractivity contribution in [2.24, 2.45) is 11.8 Å². The van der Waals surface area contributed by atoms with Gasteiger partial charge in [0.05, 0.1) is 27.1 Å². The highest BCUT2D eigenvalue weighted by atomic mass is 16.6. The van der Waals surface area contributed by atoms with Crippen LogP contribution in [-0.4, -0.2) is 58.8 Å². The minimum Gasteiger partial charge on any atom is -0.481 e. The van der Waals surface area contributed by atoms with Crippen LogP contribution in [-0.2, 0) is 23.8 Å². The first-order chi connectivity index (χ1) is 24.7. The molecule has 0 radical (unpaired) electrons. The number of carbonyl (C=O) groups is 4. The summed E-state index contributed by atoms with van der Waals surface area (Å²) >= 11 is 0. The SMILES string of the molecule is COC(=O)c1nc([C@H](CCCC2CCCCC2)CC(=O)O)oc1C.COC(=O)c1nc([C@H](CCCC2CCCCC2)CC(=O)OC(C)(C)C)oc1C. The van der Waals surface area contributed by atoms with Crippen molar-refractivity contribution in [3.63, 3.8) is 0 Å². The van der Waals surface area contributed by atoms with Crippen LogP contribution in [0.2, 0.25) is 0 Å². The van der Waals surface area contributed by atoms with Gasteiger partial charge in [0.25, 0.3) is 0 Å². The van der Waals surface area contributed by atoms with E-state index in [1.807, 2.05) is 20.8 Å². The Morgan fingerprint density at radius 2 is 1.12 bits per heavy atom. The number of hydrogen-bond acceptors (Lipinski definition) is 11. The highest BCUT2D eigenvalue weighted by Crippen LogP contribution is 2.34. The van der Waals surface area contributed by atoms with Crippen molar-refractivity contribution in [3.8, 4) is 0 Å². The molecule has 2 atom stereocenters. The predicted molar refractivity (Wildman–Crippen MR) is 194 cm³/mol. The summed E-state index contributed by atoms with van der Waals surface area (Å²) in [4.78, 5) is 55.6. The van der Waals surface area contributed by atoms with Crippen molar-refractivity contribution in [2.75, 3.05) is 14.2 Å². The van der Waals surface area contributed by atoms with Gasteiger partial charge in [0.2, 0.25) is 0 Å². The topological polar surface area (TPSA) is 168 Å². The fraction of sp³-hybridized carbons (Fsp3) is 0.750. The number of esters is 3. The second-order valence-electron chi connectivity index (χ2n) is 15.5. The zero-order chi connectivity index (χ0) is 38.3. The van der Waals surface area contributed by atoms with Crippen LogP contribution in [0.3, 0.4) is 0 Å². The summed E-state index contributed by atoms with van der Waals surface area (Å²) in [5.41, 5.74) is -0.220. The molecular formula is C40H62N2O10. The Kier molecular flexibility index (Phi) is 17.3. The summed E-state index contributed by atoms with van der Waals surface area (Å²) in [6, 6.07) is 0. The van der Waals surface area contributed by atoms with Gasteiger partial charge in [-0.2, -0.15) is 0 Å². The van der Waals surface area contributed by atoms with Crippen LogP contribution in [0.1, 0.15) is 192 Å². The normalized spacial score (nSPS) is 16.7. The van der Waals surface area contributed by atoms with Gasteiger partial charge in [-0.3, -0.25) is 9.59 Å². The van der Waals surface area contributed by atoms with Gasteiger partial charge in [-0.25, -0.2) is 19.6 Å². The molecule has 12 nitrogen and oxygen atoms in total. The maximum absolute atomic E-state index is 12.4. The zero-order valence-electron chi connectivity index (χ0n) is 32.6. The molecule has 2 aliphatic rings. The molecule has 0 spiro atoms. The van der Waals surface area contributed by atoms with Crippen molar-refractivity contribution in [3.05, 3.63) is 34.7 Å². The summed E-state index contributed by atoms with van der Waals surface area (Å²) < 4.78 is 26.3.